The van der Waals surface area contributed by atoms with Crippen molar-refractivity contribution in [1.29, 1.82) is 0 Å². The smallest absolute Gasteiger partial charge is 0.188 e. The Morgan fingerprint density at radius 3 is 2.12 bits per heavy atom. The monoisotopic (exact) mass is 358 g/mol. The first-order valence-electron chi connectivity index (χ1n) is 8.79. The normalized spacial score (nSPS) is 28.3. The summed E-state index contributed by atoms with van der Waals surface area (Å²) in [6, 6.07) is 19.8. The van der Waals surface area contributed by atoms with Gasteiger partial charge in [0.25, 0.3) is 0 Å². The fraction of sp³-hybridized carbons (Fsp3) is 0.429. The molecule has 0 aromatic heterocycles. The Balaban J connectivity index is 1.61. The fourth-order valence-corrected chi connectivity index (χ4v) is 3.20. The van der Waals surface area contributed by atoms with Crippen LogP contribution in [0, 0.1) is 0 Å². The fourth-order valence-electron chi connectivity index (χ4n) is 3.20. The second-order valence-electron chi connectivity index (χ2n) is 6.69. The van der Waals surface area contributed by atoms with Crippen molar-refractivity contribution in [3.05, 3.63) is 71.8 Å². The Bertz CT molecular complexity index is 659. The molecule has 3 rings (SSSR count). The third kappa shape index (κ3) is 4.50. The van der Waals surface area contributed by atoms with E-state index < -0.39 is 24.1 Å². The maximum absolute atomic E-state index is 10.8. The molecule has 0 saturated carbocycles. The van der Waals surface area contributed by atoms with Crippen LogP contribution < -0.4 is 0 Å². The van der Waals surface area contributed by atoms with Crippen LogP contribution >= 0.6 is 0 Å². The number of rotatable bonds is 8. The third-order valence-electron chi connectivity index (χ3n) is 4.57. The number of hydrogen-bond acceptors (Lipinski definition) is 5. The molecule has 140 valence electrons. The summed E-state index contributed by atoms with van der Waals surface area (Å²) in [4.78, 5) is 0. The predicted octanol–water partition coefficient (Wildman–Crippen LogP) is 2.91. The lowest BCUT2D eigenvalue weighted by Crippen LogP contribution is -2.48. The molecule has 4 atom stereocenters. The Morgan fingerprint density at radius 2 is 1.54 bits per heavy atom. The van der Waals surface area contributed by atoms with Crippen LogP contribution in [0.25, 0.3) is 0 Å². The summed E-state index contributed by atoms with van der Waals surface area (Å²) >= 11 is 0. The van der Waals surface area contributed by atoms with Crippen molar-refractivity contribution in [3.63, 3.8) is 0 Å². The molecule has 1 heterocycles. The molecule has 1 unspecified atom stereocenters. The lowest BCUT2D eigenvalue weighted by molar-refractivity contribution is -0.190. The topological polar surface area (TPSA) is 57.2 Å². The van der Waals surface area contributed by atoms with Crippen LogP contribution in [0.1, 0.15) is 18.1 Å². The van der Waals surface area contributed by atoms with E-state index >= 15 is 0 Å². The molecule has 2 aromatic carbocycles. The molecule has 1 aliphatic heterocycles. The van der Waals surface area contributed by atoms with Gasteiger partial charge in [0.15, 0.2) is 6.29 Å². The van der Waals surface area contributed by atoms with Gasteiger partial charge in [0.05, 0.1) is 19.8 Å². The van der Waals surface area contributed by atoms with Gasteiger partial charge < -0.3 is 24.1 Å². The van der Waals surface area contributed by atoms with Crippen molar-refractivity contribution in [2.24, 2.45) is 0 Å². The molecular weight excluding hydrogens is 332 g/mol. The van der Waals surface area contributed by atoms with E-state index in [0.29, 0.717) is 19.8 Å². The van der Waals surface area contributed by atoms with E-state index in [4.69, 9.17) is 18.9 Å². The van der Waals surface area contributed by atoms with E-state index in [0.717, 1.165) is 11.1 Å². The zero-order chi connectivity index (χ0) is 18.4. The summed E-state index contributed by atoms with van der Waals surface area (Å²) in [5, 5.41) is 10.8. The Labute approximate surface area is 154 Å². The highest BCUT2D eigenvalue weighted by Crippen LogP contribution is 2.34. The first-order valence-corrected chi connectivity index (χ1v) is 8.79. The summed E-state index contributed by atoms with van der Waals surface area (Å²) in [5.74, 6) is 0. The average Bonchev–Trinajstić information content (AvgIpc) is 2.91. The molecule has 0 radical (unpaired) electrons. The minimum Gasteiger partial charge on any atom is -0.382 e. The van der Waals surface area contributed by atoms with Gasteiger partial charge in [-0.2, -0.15) is 0 Å². The number of benzene rings is 2. The molecule has 0 spiro atoms. The molecule has 5 heteroatoms. The zero-order valence-corrected chi connectivity index (χ0v) is 15.2. The van der Waals surface area contributed by atoms with E-state index in [-0.39, 0.29) is 0 Å². The SMILES string of the molecule is CO[C@@H]1O[C@H](COCc2ccccc2)C(OCc2ccccc2)[C@]1(C)O. The quantitative estimate of drug-likeness (QED) is 0.786. The Hall–Kier alpha value is -1.76. The second-order valence-corrected chi connectivity index (χ2v) is 6.69. The molecular formula is C21H26O5. The zero-order valence-electron chi connectivity index (χ0n) is 15.2. The van der Waals surface area contributed by atoms with Crippen molar-refractivity contribution in [1.82, 2.24) is 0 Å². The van der Waals surface area contributed by atoms with E-state index in [1.54, 1.807) is 6.92 Å². The largest absolute Gasteiger partial charge is 0.382 e. The van der Waals surface area contributed by atoms with E-state index in [2.05, 4.69) is 0 Å². The van der Waals surface area contributed by atoms with Crippen LogP contribution in [-0.2, 0) is 32.2 Å². The van der Waals surface area contributed by atoms with Gasteiger partial charge in [-0.1, -0.05) is 60.7 Å². The van der Waals surface area contributed by atoms with Crippen LogP contribution in [0.15, 0.2) is 60.7 Å². The average molecular weight is 358 g/mol. The highest BCUT2D eigenvalue weighted by molar-refractivity contribution is 5.14. The van der Waals surface area contributed by atoms with Gasteiger partial charge in [-0.15, -0.1) is 0 Å². The lowest BCUT2D eigenvalue weighted by atomic mass is 9.97. The van der Waals surface area contributed by atoms with Gasteiger partial charge in [0.2, 0.25) is 0 Å². The maximum Gasteiger partial charge on any atom is 0.188 e. The molecule has 1 fully saturated rings. The molecule has 5 nitrogen and oxygen atoms in total. The van der Waals surface area contributed by atoms with Gasteiger partial charge in [-0.3, -0.25) is 0 Å². The molecule has 0 aliphatic carbocycles. The number of methoxy groups -OCH3 is 1. The molecule has 0 amide bonds. The maximum atomic E-state index is 10.8. The summed E-state index contributed by atoms with van der Waals surface area (Å²) in [5.41, 5.74) is 0.861. The Kier molecular flexibility index (Phi) is 6.40. The van der Waals surface area contributed by atoms with Crippen LogP contribution in [0.3, 0.4) is 0 Å². The van der Waals surface area contributed by atoms with Crippen molar-refractivity contribution >= 4 is 0 Å². The van der Waals surface area contributed by atoms with Crippen molar-refractivity contribution in [2.45, 2.75) is 44.2 Å². The first-order chi connectivity index (χ1) is 12.6. The van der Waals surface area contributed by atoms with Gasteiger partial charge in [-0.25, -0.2) is 0 Å². The summed E-state index contributed by atoms with van der Waals surface area (Å²) in [6.07, 6.45) is -1.72. The van der Waals surface area contributed by atoms with Crippen LogP contribution in [-0.4, -0.2) is 42.9 Å². The second kappa shape index (κ2) is 8.75. The molecule has 26 heavy (non-hydrogen) atoms. The highest BCUT2D eigenvalue weighted by Gasteiger charge is 2.54. The van der Waals surface area contributed by atoms with Crippen LogP contribution in [0.2, 0.25) is 0 Å². The first kappa shape index (κ1) is 19.0. The number of ether oxygens (including phenoxy) is 4. The number of aliphatic hydroxyl groups is 1. The summed E-state index contributed by atoms with van der Waals surface area (Å²) in [7, 11) is 1.51. The third-order valence-corrected chi connectivity index (χ3v) is 4.57. The molecule has 2 aromatic rings. The van der Waals surface area contributed by atoms with Gasteiger partial charge in [0, 0.05) is 7.11 Å². The van der Waals surface area contributed by atoms with E-state index in [9.17, 15) is 5.11 Å². The summed E-state index contributed by atoms with van der Waals surface area (Å²) < 4.78 is 23.0. The van der Waals surface area contributed by atoms with E-state index in [1.165, 1.54) is 7.11 Å². The van der Waals surface area contributed by atoms with Crippen LogP contribution in [0.4, 0.5) is 0 Å². The Morgan fingerprint density at radius 1 is 0.962 bits per heavy atom. The summed E-state index contributed by atoms with van der Waals surface area (Å²) in [6.45, 7) is 2.85. The number of hydrogen-bond donors (Lipinski definition) is 1. The standard InChI is InChI=1S/C21H26O5/c1-21(22)19(25-14-17-11-7-4-8-12-17)18(26-20(21)23-2)15-24-13-16-9-5-3-6-10-16/h3-12,18-20,22H,13-15H2,1-2H3/t18-,19?,20-,21+/m1/s1. The lowest BCUT2D eigenvalue weighted by Gasteiger charge is -2.29. The minimum absolute atomic E-state index is 0.310. The molecule has 1 N–H and O–H groups in total. The highest BCUT2D eigenvalue weighted by atomic mass is 16.7. The molecule has 1 aliphatic rings. The van der Waals surface area contributed by atoms with Crippen molar-refractivity contribution < 1.29 is 24.1 Å². The predicted molar refractivity (Wildman–Crippen MR) is 97.4 cm³/mol. The molecule has 0 bridgehead atoms. The van der Waals surface area contributed by atoms with E-state index in [1.807, 2.05) is 60.7 Å². The van der Waals surface area contributed by atoms with Crippen molar-refractivity contribution in [2.75, 3.05) is 13.7 Å². The minimum atomic E-state index is -1.26. The van der Waals surface area contributed by atoms with Gasteiger partial charge in [-0.05, 0) is 18.1 Å². The van der Waals surface area contributed by atoms with Crippen LogP contribution in [0.5, 0.6) is 0 Å². The van der Waals surface area contributed by atoms with Gasteiger partial charge >= 0.3 is 0 Å². The van der Waals surface area contributed by atoms with Gasteiger partial charge in [0.1, 0.15) is 17.8 Å². The molecule has 1 saturated heterocycles. The van der Waals surface area contributed by atoms with Crippen molar-refractivity contribution in [3.8, 4) is 0 Å².